The molecule has 34 heavy (non-hydrogen) atoms. The highest BCUT2D eigenvalue weighted by Gasteiger charge is 2.38. The average molecular weight is 482 g/mol. The first kappa shape index (κ1) is 23.8. The van der Waals surface area contributed by atoms with Crippen LogP contribution in [0.4, 0.5) is 43.8 Å². The Labute approximate surface area is 192 Å². The lowest BCUT2D eigenvalue weighted by molar-refractivity contribution is -0.137. The van der Waals surface area contributed by atoms with Crippen LogP contribution in [0, 0.1) is 0 Å². The van der Waals surface area contributed by atoms with E-state index in [2.05, 4.69) is 10.6 Å². The maximum absolute atomic E-state index is 13.5. The predicted octanol–water partition coefficient (Wildman–Crippen LogP) is 4.87. The van der Waals surface area contributed by atoms with Gasteiger partial charge in [0, 0.05) is 36.6 Å². The molecule has 2 aromatic carbocycles. The normalized spacial score (nSPS) is 20.4. The summed E-state index contributed by atoms with van der Waals surface area (Å²) in [5.74, 6) is -3.03. The van der Waals surface area contributed by atoms with Gasteiger partial charge in [0.25, 0.3) is 5.92 Å². The van der Waals surface area contributed by atoms with Crippen molar-refractivity contribution in [2.45, 2.75) is 37.4 Å². The number of urea groups is 1. The van der Waals surface area contributed by atoms with Gasteiger partial charge in [-0.2, -0.15) is 13.2 Å². The number of carbonyl (C=O) groups excluding carboxylic acids is 2. The van der Waals surface area contributed by atoms with E-state index in [1.165, 1.54) is 4.90 Å². The van der Waals surface area contributed by atoms with Crippen molar-refractivity contribution in [2.75, 3.05) is 34.8 Å². The average Bonchev–Trinajstić information content (AvgIpc) is 3.15. The van der Waals surface area contributed by atoms with Crippen molar-refractivity contribution >= 4 is 29.0 Å². The van der Waals surface area contributed by atoms with E-state index < -0.39 is 29.7 Å². The van der Waals surface area contributed by atoms with E-state index in [9.17, 15) is 31.5 Å². The smallest absolute Gasteiger partial charge is 0.365 e. The van der Waals surface area contributed by atoms with Gasteiger partial charge in [-0.25, -0.2) is 13.6 Å². The number of halogens is 5. The van der Waals surface area contributed by atoms with Crippen molar-refractivity contribution in [1.29, 1.82) is 0 Å². The fourth-order valence-electron chi connectivity index (χ4n) is 4.13. The maximum atomic E-state index is 13.5. The van der Waals surface area contributed by atoms with E-state index >= 15 is 0 Å². The zero-order chi connectivity index (χ0) is 24.5. The Morgan fingerprint density at radius 2 is 1.62 bits per heavy atom. The van der Waals surface area contributed by atoms with Gasteiger partial charge in [0.2, 0.25) is 5.91 Å². The minimum Gasteiger partial charge on any atom is -0.365 e. The summed E-state index contributed by atoms with van der Waals surface area (Å²) in [7, 11) is 0. The number of benzene rings is 2. The fourth-order valence-corrected chi connectivity index (χ4v) is 4.13. The van der Waals surface area contributed by atoms with Crippen LogP contribution in [0.25, 0.3) is 0 Å². The lowest BCUT2D eigenvalue weighted by Gasteiger charge is -2.33. The molecule has 2 heterocycles. The molecule has 2 aliphatic heterocycles. The van der Waals surface area contributed by atoms with E-state index in [1.54, 1.807) is 29.2 Å². The van der Waals surface area contributed by atoms with Crippen LogP contribution < -0.4 is 20.4 Å². The van der Waals surface area contributed by atoms with Crippen molar-refractivity contribution < 1.29 is 31.5 Å². The van der Waals surface area contributed by atoms with Crippen LogP contribution in [0.5, 0.6) is 0 Å². The molecule has 2 saturated heterocycles. The Balaban J connectivity index is 1.36. The molecule has 2 fully saturated rings. The van der Waals surface area contributed by atoms with Crippen molar-refractivity contribution in [3.8, 4) is 0 Å². The summed E-state index contributed by atoms with van der Waals surface area (Å²) in [5.41, 5.74) is 0.569. The number of piperidine rings is 1. The molecule has 0 radical (unpaired) electrons. The molecule has 4 rings (SSSR count). The van der Waals surface area contributed by atoms with Crippen LogP contribution in [0.1, 0.15) is 24.8 Å². The molecule has 2 aliphatic rings. The van der Waals surface area contributed by atoms with Gasteiger partial charge in [-0.05, 0) is 61.4 Å². The highest BCUT2D eigenvalue weighted by Crippen LogP contribution is 2.32. The number of anilines is 3. The largest absolute Gasteiger partial charge is 0.416 e. The molecule has 2 aromatic rings. The van der Waals surface area contributed by atoms with Gasteiger partial charge in [-0.3, -0.25) is 4.79 Å². The zero-order valence-corrected chi connectivity index (χ0v) is 18.0. The second-order valence-electron chi connectivity index (χ2n) is 8.40. The Kier molecular flexibility index (Phi) is 6.37. The second-order valence-corrected chi connectivity index (χ2v) is 8.40. The van der Waals surface area contributed by atoms with Gasteiger partial charge in [0.15, 0.2) is 0 Å². The maximum Gasteiger partial charge on any atom is 0.416 e. The number of rotatable bonds is 4. The van der Waals surface area contributed by atoms with Crippen LogP contribution in [0.2, 0.25) is 0 Å². The molecule has 0 aliphatic carbocycles. The summed E-state index contributed by atoms with van der Waals surface area (Å²) in [4.78, 5) is 28.4. The second kappa shape index (κ2) is 9.11. The predicted molar refractivity (Wildman–Crippen MR) is 117 cm³/mol. The van der Waals surface area contributed by atoms with Crippen LogP contribution in [-0.2, 0) is 11.0 Å². The third-order valence-corrected chi connectivity index (χ3v) is 5.91. The summed E-state index contributed by atoms with van der Waals surface area (Å²) in [6.07, 6.45) is -3.63. The SMILES string of the molecule is O=C(Nc1ccc(C(F)(F)F)cc1)N[C@@H]1CCCN(c2ccc(N3CCC(F)(F)C3)cc2)C1=O. The van der Waals surface area contributed by atoms with Crippen molar-refractivity contribution in [1.82, 2.24) is 5.32 Å². The fraction of sp³-hybridized carbons (Fsp3) is 0.391. The third kappa shape index (κ3) is 5.40. The number of hydrogen-bond acceptors (Lipinski definition) is 3. The topological polar surface area (TPSA) is 64.7 Å². The lowest BCUT2D eigenvalue weighted by Crippen LogP contribution is -2.53. The Hall–Kier alpha value is -3.37. The molecule has 3 amide bonds. The van der Waals surface area contributed by atoms with Gasteiger partial charge in [0.1, 0.15) is 6.04 Å². The van der Waals surface area contributed by atoms with Gasteiger partial charge in [-0.15, -0.1) is 0 Å². The number of nitrogens with zero attached hydrogens (tertiary/aromatic N) is 2. The van der Waals surface area contributed by atoms with Crippen molar-refractivity contribution in [3.63, 3.8) is 0 Å². The van der Waals surface area contributed by atoms with Gasteiger partial charge in [0.05, 0.1) is 12.1 Å². The van der Waals surface area contributed by atoms with Gasteiger partial charge < -0.3 is 20.4 Å². The van der Waals surface area contributed by atoms with E-state index in [0.29, 0.717) is 30.8 Å². The van der Waals surface area contributed by atoms with Crippen LogP contribution in [-0.4, -0.2) is 43.5 Å². The summed E-state index contributed by atoms with van der Waals surface area (Å²) >= 11 is 0. The Bertz CT molecular complexity index is 1040. The van der Waals surface area contributed by atoms with E-state index in [4.69, 9.17) is 0 Å². The van der Waals surface area contributed by atoms with Gasteiger partial charge >= 0.3 is 12.2 Å². The molecule has 6 nitrogen and oxygen atoms in total. The number of carbonyl (C=O) groups is 2. The van der Waals surface area contributed by atoms with Gasteiger partial charge in [-0.1, -0.05) is 0 Å². The number of alkyl halides is 5. The molecule has 182 valence electrons. The molecule has 2 N–H and O–H groups in total. The molecular weight excluding hydrogens is 459 g/mol. The molecule has 0 unspecified atom stereocenters. The molecular formula is C23H23F5N4O2. The molecule has 1 atom stereocenters. The number of nitrogens with one attached hydrogen (secondary N) is 2. The van der Waals surface area contributed by atoms with E-state index in [-0.39, 0.29) is 31.1 Å². The minimum absolute atomic E-state index is 0.161. The van der Waals surface area contributed by atoms with E-state index in [1.807, 2.05) is 0 Å². The first-order chi connectivity index (χ1) is 16.0. The quantitative estimate of drug-likeness (QED) is 0.612. The minimum atomic E-state index is -4.48. The van der Waals surface area contributed by atoms with Crippen LogP contribution >= 0.6 is 0 Å². The monoisotopic (exact) mass is 482 g/mol. The lowest BCUT2D eigenvalue weighted by atomic mass is 10.0. The molecule has 0 aromatic heterocycles. The van der Waals surface area contributed by atoms with E-state index in [0.717, 1.165) is 24.3 Å². The molecule has 0 saturated carbocycles. The highest BCUT2D eigenvalue weighted by atomic mass is 19.4. The summed E-state index contributed by atoms with van der Waals surface area (Å²) in [6.45, 7) is 0.364. The summed E-state index contributed by atoms with van der Waals surface area (Å²) in [5, 5.41) is 5.01. The number of hydrogen-bond donors (Lipinski definition) is 2. The Morgan fingerprint density at radius 3 is 2.21 bits per heavy atom. The van der Waals surface area contributed by atoms with Crippen molar-refractivity contribution in [3.05, 3.63) is 54.1 Å². The first-order valence-corrected chi connectivity index (χ1v) is 10.8. The first-order valence-electron chi connectivity index (χ1n) is 10.8. The molecule has 0 spiro atoms. The zero-order valence-electron chi connectivity index (χ0n) is 18.0. The van der Waals surface area contributed by atoms with Crippen LogP contribution in [0.15, 0.2) is 48.5 Å². The third-order valence-electron chi connectivity index (χ3n) is 5.91. The standard InChI is InChI=1S/C23H23F5N4O2/c24-22(25)11-13-31(14-22)17-7-9-18(10-8-17)32-12-1-2-19(20(32)33)30-21(34)29-16-5-3-15(4-6-16)23(26,27)28/h3-10,19H,1-2,11-14H2,(H2,29,30,34)/t19-/m1/s1. The van der Waals surface area contributed by atoms with Crippen LogP contribution in [0.3, 0.4) is 0 Å². The summed E-state index contributed by atoms with van der Waals surface area (Å²) < 4.78 is 64.9. The molecule has 11 heteroatoms. The van der Waals surface area contributed by atoms with Crippen molar-refractivity contribution in [2.24, 2.45) is 0 Å². The summed E-state index contributed by atoms with van der Waals surface area (Å²) in [6, 6.07) is 9.24. The number of amides is 3. The molecule has 0 bridgehead atoms. The Morgan fingerprint density at radius 1 is 0.971 bits per heavy atom. The highest BCUT2D eigenvalue weighted by molar-refractivity contribution is 6.01.